The Hall–Kier alpha value is -3.65. The van der Waals surface area contributed by atoms with E-state index in [-0.39, 0.29) is 16.0 Å². The molecule has 1 amide bonds. The number of carbonyl (C=O) groups excluding carboxylic acids is 1. The molecule has 1 N–H and O–H groups in total. The highest BCUT2D eigenvalue weighted by Gasteiger charge is 2.29. The first kappa shape index (κ1) is 27.9. The van der Waals surface area contributed by atoms with Gasteiger partial charge in [0.2, 0.25) is 0 Å². The number of ether oxygens (including phenoxy) is 1. The highest BCUT2D eigenvalue weighted by Crippen LogP contribution is 2.32. The zero-order valence-corrected chi connectivity index (χ0v) is 22.9. The molecule has 37 heavy (non-hydrogen) atoms. The van der Waals surface area contributed by atoms with Crippen LogP contribution < -0.4 is 14.5 Å². The van der Waals surface area contributed by atoms with Crippen LogP contribution in [0.25, 0.3) is 0 Å². The fraction of sp³-hybridized carbons (Fsp3) is 0.310. The minimum Gasteiger partial charge on any atom is -0.492 e. The van der Waals surface area contributed by atoms with Crippen molar-refractivity contribution in [3.63, 3.8) is 0 Å². The lowest BCUT2D eigenvalue weighted by molar-refractivity contribution is -0.119. The lowest BCUT2D eigenvalue weighted by Gasteiger charge is -2.26. The van der Waals surface area contributed by atoms with Gasteiger partial charge < -0.3 is 4.74 Å². The van der Waals surface area contributed by atoms with Gasteiger partial charge in [-0.3, -0.25) is 9.10 Å². The maximum atomic E-state index is 13.7. The summed E-state index contributed by atoms with van der Waals surface area (Å²) in [5, 5.41) is 4.27. The number of hydrogen-bond donors (Lipinski definition) is 1. The van der Waals surface area contributed by atoms with E-state index >= 15 is 0 Å². The number of nitrogens with zero attached hydrogens (tertiary/aromatic N) is 2. The molecule has 0 aliphatic rings. The quantitative estimate of drug-likeness (QED) is 0.269. The SMILES string of the molecule is CCOc1ccccc1N(CC(=O)N/N=C(/C)CC(C)(C)c1ccccc1)S(=O)(=O)c1ccc(C)cc1. The summed E-state index contributed by atoms with van der Waals surface area (Å²) < 4.78 is 34.1. The molecule has 7 nitrogen and oxygen atoms in total. The molecule has 0 unspecified atom stereocenters. The number of hydrogen-bond acceptors (Lipinski definition) is 5. The normalized spacial score (nSPS) is 12.2. The second-order valence-electron chi connectivity index (χ2n) is 9.53. The fourth-order valence-electron chi connectivity index (χ4n) is 4.07. The van der Waals surface area contributed by atoms with Crippen molar-refractivity contribution in [2.45, 2.75) is 51.3 Å². The highest BCUT2D eigenvalue weighted by atomic mass is 32.2. The van der Waals surface area contributed by atoms with E-state index in [1.54, 1.807) is 36.4 Å². The molecule has 0 fully saturated rings. The Balaban J connectivity index is 1.85. The van der Waals surface area contributed by atoms with Gasteiger partial charge in [-0.05, 0) is 62.4 Å². The molecule has 0 radical (unpaired) electrons. The number of anilines is 1. The van der Waals surface area contributed by atoms with E-state index in [2.05, 4.69) is 36.5 Å². The third-order valence-corrected chi connectivity index (χ3v) is 7.73. The first-order valence-corrected chi connectivity index (χ1v) is 13.7. The van der Waals surface area contributed by atoms with E-state index in [0.29, 0.717) is 18.8 Å². The Kier molecular flexibility index (Phi) is 9.10. The van der Waals surface area contributed by atoms with Crippen LogP contribution >= 0.6 is 0 Å². The van der Waals surface area contributed by atoms with Gasteiger partial charge in [0.25, 0.3) is 15.9 Å². The molecule has 0 atom stereocenters. The van der Waals surface area contributed by atoms with E-state index in [4.69, 9.17) is 4.74 Å². The monoisotopic (exact) mass is 521 g/mol. The summed E-state index contributed by atoms with van der Waals surface area (Å²) in [5.41, 5.74) is 5.47. The number of amides is 1. The molecule has 8 heteroatoms. The summed E-state index contributed by atoms with van der Waals surface area (Å²) in [6.07, 6.45) is 0.621. The second kappa shape index (κ2) is 12.1. The number of aryl methyl sites for hydroxylation is 1. The molecule has 3 rings (SSSR count). The van der Waals surface area contributed by atoms with Crippen LogP contribution in [-0.2, 0) is 20.2 Å². The van der Waals surface area contributed by atoms with Crippen LogP contribution in [0.5, 0.6) is 5.75 Å². The van der Waals surface area contributed by atoms with Gasteiger partial charge >= 0.3 is 0 Å². The largest absolute Gasteiger partial charge is 0.492 e. The molecule has 0 saturated heterocycles. The lowest BCUT2D eigenvalue weighted by Crippen LogP contribution is -2.40. The molecule has 3 aromatic rings. The molecular formula is C29H35N3O4S. The van der Waals surface area contributed by atoms with Crippen molar-refractivity contribution in [1.82, 2.24) is 5.43 Å². The summed E-state index contributed by atoms with van der Waals surface area (Å²) in [6, 6.07) is 23.4. The summed E-state index contributed by atoms with van der Waals surface area (Å²) in [4.78, 5) is 13.1. The Bertz CT molecular complexity index is 1340. The zero-order chi connectivity index (χ0) is 27.1. The minimum atomic E-state index is -4.07. The summed E-state index contributed by atoms with van der Waals surface area (Å²) in [5.74, 6) is -0.184. The number of rotatable bonds is 11. The molecule has 3 aromatic carbocycles. The number of para-hydroxylation sites is 2. The van der Waals surface area contributed by atoms with Crippen LogP contribution in [0.3, 0.4) is 0 Å². The average Bonchev–Trinajstić information content (AvgIpc) is 2.87. The maximum Gasteiger partial charge on any atom is 0.264 e. The molecular weight excluding hydrogens is 486 g/mol. The molecule has 0 aliphatic heterocycles. The summed E-state index contributed by atoms with van der Waals surface area (Å²) in [7, 11) is -4.07. The van der Waals surface area contributed by atoms with Gasteiger partial charge in [-0.1, -0.05) is 74.0 Å². The minimum absolute atomic E-state index is 0.0847. The van der Waals surface area contributed by atoms with Crippen LogP contribution in [0, 0.1) is 6.92 Å². The molecule has 0 spiro atoms. The Morgan fingerprint density at radius 2 is 1.59 bits per heavy atom. The van der Waals surface area contributed by atoms with Crippen molar-refractivity contribution in [2.24, 2.45) is 5.10 Å². The van der Waals surface area contributed by atoms with Gasteiger partial charge in [0.15, 0.2) is 0 Å². The average molecular weight is 522 g/mol. The molecule has 0 saturated carbocycles. The number of carbonyl (C=O) groups is 1. The molecule has 0 bridgehead atoms. The van der Waals surface area contributed by atoms with Crippen LogP contribution in [0.4, 0.5) is 5.69 Å². The third kappa shape index (κ3) is 7.20. The number of benzene rings is 3. The second-order valence-corrected chi connectivity index (χ2v) is 11.4. The lowest BCUT2D eigenvalue weighted by atomic mass is 9.80. The van der Waals surface area contributed by atoms with Crippen molar-refractivity contribution >= 4 is 27.3 Å². The van der Waals surface area contributed by atoms with Crippen LogP contribution in [0.15, 0.2) is 88.9 Å². The number of nitrogens with one attached hydrogen (secondary N) is 1. The molecule has 0 aromatic heterocycles. The van der Waals surface area contributed by atoms with E-state index in [1.807, 2.05) is 39.0 Å². The smallest absolute Gasteiger partial charge is 0.264 e. The number of hydrazone groups is 1. The van der Waals surface area contributed by atoms with Gasteiger partial charge in [0.1, 0.15) is 12.3 Å². The third-order valence-electron chi connectivity index (χ3n) is 5.95. The van der Waals surface area contributed by atoms with Crippen molar-refractivity contribution < 1.29 is 17.9 Å². The van der Waals surface area contributed by atoms with Crippen LogP contribution in [0.1, 0.15) is 45.2 Å². The van der Waals surface area contributed by atoms with Crippen LogP contribution in [0.2, 0.25) is 0 Å². The van der Waals surface area contributed by atoms with Crippen molar-refractivity contribution in [3.05, 3.63) is 90.0 Å². The highest BCUT2D eigenvalue weighted by molar-refractivity contribution is 7.92. The van der Waals surface area contributed by atoms with Gasteiger partial charge in [-0.25, -0.2) is 13.8 Å². The van der Waals surface area contributed by atoms with Crippen molar-refractivity contribution in [3.8, 4) is 5.75 Å². The van der Waals surface area contributed by atoms with E-state index in [1.165, 1.54) is 17.7 Å². The predicted octanol–water partition coefficient (Wildman–Crippen LogP) is 5.45. The molecule has 0 heterocycles. The van der Waals surface area contributed by atoms with Gasteiger partial charge in [0.05, 0.1) is 17.2 Å². The van der Waals surface area contributed by atoms with Gasteiger partial charge in [-0.15, -0.1) is 0 Å². The number of sulfonamides is 1. The first-order chi connectivity index (χ1) is 17.5. The van der Waals surface area contributed by atoms with E-state index in [0.717, 1.165) is 15.6 Å². The van der Waals surface area contributed by atoms with E-state index < -0.39 is 22.5 Å². The maximum absolute atomic E-state index is 13.7. The van der Waals surface area contributed by atoms with Crippen molar-refractivity contribution in [2.75, 3.05) is 17.5 Å². The molecule has 0 aliphatic carbocycles. The van der Waals surface area contributed by atoms with Gasteiger partial charge in [0, 0.05) is 5.71 Å². The van der Waals surface area contributed by atoms with Crippen molar-refractivity contribution in [1.29, 1.82) is 0 Å². The Morgan fingerprint density at radius 1 is 0.973 bits per heavy atom. The standard InChI is InChI=1S/C29H35N3O4S/c1-6-36-27-15-11-10-14-26(27)32(37(34,35)25-18-16-22(2)17-19-25)21-28(33)31-30-23(3)20-29(4,5)24-12-8-7-9-13-24/h7-19H,6,20-21H2,1-5H3,(H,31,33)/b30-23-. The van der Waals surface area contributed by atoms with Gasteiger partial charge in [-0.2, -0.15) is 5.10 Å². The Labute approximate surface area is 220 Å². The zero-order valence-electron chi connectivity index (χ0n) is 22.1. The summed E-state index contributed by atoms with van der Waals surface area (Å²) >= 11 is 0. The van der Waals surface area contributed by atoms with Crippen LogP contribution in [-0.4, -0.2) is 33.2 Å². The fourth-order valence-corrected chi connectivity index (χ4v) is 5.50. The first-order valence-electron chi connectivity index (χ1n) is 12.2. The predicted molar refractivity (Wildman–Crippen MR) is 149 cm³/mol. The molecule has 196 valence electrons. The Morgan fingerprint density at radius 3 is 2.24 bits per heavy atom. The topological polar surface area (TPSA) is 88.1 Å². The van der Waals surface area contributed by atoms with E-state index in [9.17, 15) is 13.2 Å². The summed E-state index contributed by atoms with van der Waals surface area (Å²) in [6.45, 7) is 9.66.